The van der Waals surface area contributed by atoms with Crippen molar-refractivity contribution in [3.8, 4) is 0 Å². The maximum absolute atomic E-state index is 12.1. The molecule has 2 aromatic heterocycles. The summed E-state index contributed by atoms with van der Waals surface area (Å²) < 4.78 is 10.4. The van der Waals surface area contributed by atoms with Crippen molar-refractivity contribution < 1.29 is 13.9 Å². The van der Waals surface area contributed by atoms with Crippen molar-refractivity contribution in [1.29, 1.82) is 0 Å². The van der Waals surface area contributed by atoms with E-state index in [1.807, 2.05) is 11.3 Å². The lowest BCUT2D eigenvalue weighted by Crippen LogP contribution is -2.22. The Morgan fingerprint density at radius 2 is 2.24 bits per heavy atom. The third kappa shape index (κ3) is 3.19. The predicted octanol–water partition coefficient (Wildman–Crippen LogP) is 3.30. The van der Waals surface area contributed by atoms with Crippen molar-refractivity contribution >= 4 is 17.2 Å². The van der Waals surface area contributed by atoms with Crippen LogP contribution in [0.15, 0.2) is 21.9 Å². The molecule has 21 heavy (non-hydrogen) atoms. The molecule has 0 bridgehead atoms. The molecule has 0 aromatic carbocycles. The highest BCUT2D eigenvalue weighted by atomic mass is 32.1. The number of ether oxygens (including phenoxy) is 1. The number of nitrogens with one attached hydrogen (secondary N) is 1. The molecule has 0 unspecified atom stereocenters. The number of hydrogen-bond donors (Lipinski definition) is 1. The molecular formula is C16H19NO3S. The van der Waals surface area contributed by atoms with Crippen molar-refractivity contribution in [2.75, 3.05) is 7.11 Å². The lowest BCUT2D eigenvalue weighted by Gasteiger charge is -2.12. The molecule has 0 radical (unpaired) electrons. The van der Waals surface area contributed by atoms with Gasteiger partial charge in [0.1, 0.15) is 12.4 Å². The van der Waals surface area contributed by atoms with Crippen LogP contribution in [0.25, 0.3) is 0 Å². The third-order valence-electron chi connectivity index (χ3n) is 3.76. The van der Waals surface area contributed by atoms with Gasteiger partial charge in [0.2, 0.25) is 0 Å². The highest BCUT2D eigenvalue weighted by molar-refractivity contribution is 7.10. The highest BCUT2D eigenvalue weighted by Crippen LogP contribution is 2.30. The fourth-order valence-corrected chi connectivity index (χ4v) is 3.84. The number of hydrogen-bond acceptors (Lipinski definition) is 4. The molecular weight excluding hydrogens is 286 g/mol. The minimum absolute atomic E-state index is 0.173. The monoisotopic (exact) mass is 305 g/mol. The van der Waals surface area contributed by atoms with Crippen LogP contribution in [0.1, 0.15) is 45.2 Å². The van der Waals surface area contributed by atoms with Gasteiger partial charge in [-0.05, 0) is 54.3 Å². The lowest BCUT2D eigenvalue weighted by molar-refractivity contribution is 0.0914. The summed E-state index contributed by atoms with van der Waals surface area (Å²) in [6, 6.07) is 3.46. The second kappa shape index (κ2) is 6.45. The van der Waals surface area contributed by atoms with Crippen LogP contribution in [0, 0.1) is 0 Å². The third-order valence-corrected chi connectivity index (χ3v) is 4.90. The molecule has 0 aliphatic heterocycles. The normalized spacial score (nSPS) is 14.0. The summed E-state index contributed by atoms with van der Waals surface area (Å²) in [5, 5.41) is 5.12. The Kier molecular flexibility index (Phi) is 4.41. The number of methoxy groups -OCH3 is 1. The summed E-state index contributed by atoms with van der Waals surface area (Å²) in [5.41, 5.74) is 2.71. The first-order valence-corrected chi connectivity index (χ1v) is 8.10. The van der Waals surface area contributed by atoms with Crippen molar-refractivity contribution in [2.24, 2.45) is 0 Å². The Balaban J connectivity index is 1.61. The van der Waals surface area contributed by atoms with Gasteiger partial charge in [0, 0.05) is 18.5 Å². The van der Waals surface area contributed by atoms with Gasteiger partial charge < -0.3 is 14.5 Å². The topological polar surface area (TPSA) is 51.5 Å². The van der Waals surface area contributed by atoms with E-state index in [1.54, 1.807) is 19.2 Å². The molecule has 1 aliphatic carbocycles. The molecule has 1 amide bonds. The van der Waals surface area contributed by atoms with E-state index in [9.17, 15) is 4.79 Å². The zero-order valence-corrected chi connectivity index (χ0v) is 12.9. The molecule has 2 heterocycles. The van der Waals surface area contributed by atoms with Crippen molar-refractivity contribution in [1.82, 2.24) is 5.32 Å². The molecule has 3 rings (SSSR count). The fourth-order valence-electron chi connectivity index (χ4n) is 2.69. The van der Waals surface area contributed by atoms with Crippen LogP contribution in [0.5, 0.6) is 0 Å². The van der Waals surface area contributed by atoms with Gasteiger partial charge in [0.05, 0.1) is 0 Å². The second-order valence-electron chi connectivity index (χ2n) is 5.25. The first kappa shape index (κ1) is 14.4. The quantitative estimate of drug-likeness (QED) is 0.922. The van der Waals surface area contributed by atoms with Crippen LogP contribution < -0.4 is 5.32 Å². The number of rotatable bonds is 5. The highest BCUT2D eigenvalue weighted by Gasteiger charge is 2.17. The van der Waals surface area contributed by atoms with E-state index in [4.69, 9.17) is 9.15 Å². The number of carbonyl (C=O) groups is 1. The van der Waals surface area contributed by atoms with Crippen LogP contribution in [-0.2, 0) is 30.7 Å². The van der Waals surface area contributed by atoms with E-state index in [0.29, 0.717) is 24.7 Å². The standard InChI is InChI=1S/C16H19NO3S/c1-19-9-12-6-7-14(20-12)16(18)17-8-11-10-21-15-5-3-2-4-13(11)15/h6-7,10H,2-5,8-9H2,1H3,(H,17,18). The van der Waals surface area contributed by atoms with E-state index in [2.05, 4.69) is 10.7 Å². The summed E-state index contributed by atoms with van der Waals surface area (Å²) in [5.74, 6) is 0.829. The Morgan fingerprint density at radius 3 is 3.10 bits per heavy atom. The Bertz CT molecular complexity index is 629. The summed E-state index contributed by atoms with van der Waals surface area (Å²) >= 11 is 1.82. The van der Waals surface area contributed by atoms with Gasteiger partial charge in [0.15, 0.2) is 5.76 Å². The van der Waals surface area contributed by atoms with E-state index in [-0.39, 0.29) is 5.91 Å². The van der Waals surface area contributed by atoms with Crippen molar-refractivity contribution in [2.45, 2.75) is 38.8 Å². The number of amides is 1. The molecule has 2 aromatic rings. The Labute approximate surface area is 128 Å². The zero-order valence-electron chi connectivity index (χ0n) is 12.1. The minimum Gasteiger partial charge on any atom is -0.453 e. The lowest BCUT2D eigenvalue weighted by atomic mass is 9.96. The Hall–Kier alpha value is -1.59. The fraction of sp³-hybridized carbons (Fsp3) is 0.438. The largest absolute Gasteiger partial charge is 0.453 e. The molecule has 112 valence electrons. The molecule has 0 saturated carbocycles. The number of thiophene rings is 1. The minimum atomic E-state index is -0.173. The van der Waals surface area contributed by atoms with E-state index >= 15 is 0 Å². The van der Waals surface area contributed by atoms with Gasteiger partial charge in [-0.25, -0.2) is 0 Å². The summed E-state index contributed by atoms with van der Waals surface area (Å²) in [4.78, 5) is 13.6. The number of carbonyl (C=O) groups excluding carboxylic acids is 1. The Morgan fingerprint density at radius 1 is 1.38 bits per heavy atom. The van der Waals surface area contributed by atoms with E-state index < -0.39 is 0 Å². The summed E-state index contributed by atoms with van der Waals surface area (Å²) in [7, 11) is 1.60. The van der Waals surface area contributed by atoms with Crippen LogP contribution in [0.4, 0.5) is 0 Å². The van der Waals surface area contributed by atoms with Gasteiger partial charge >= 0.3 is 0 Å². The maximum Gasteiger partial charge on any atom is 0.287 e. The van der Waals surface area contributed by atoms with Crippen molar-refractivity contribution in [3.63, 3.8) is 0 Å². The maximum atomic E-state index is 12.1. The van der Waals surface area contributed by atoms with Crippen LogP contribution in [-0.4, -0.2) is 13.0 Å². The zero-order chi connectivity index (χ0) is 14.7. The van der Waals surface area contributed by atoms with Crippen molar-refractivity contribution in [3.05, 3.63) is 45.0 Å². The van der Waals surface area contributed by atoms with E-state index in [1.165, 1.54) is 35.3 Å². The van der Waals surface area contributed by atoms with Crippen LogP contribution in [0.2, 0.25) is 0 Å². The molecule has 1 aliphatic rings. The average molecular weight is 305 g/mol. The van der Waals surface area contributed by atoms with Gasteiger partial charge in [-0.3, -0.25) is 4.79 Å². The van der Waals surface area contributed by atoms with Gasteiger partial charge in [-0.15, -0.1) is 11.3 Å². The number of fused-ring (bicyclic) bond motifs is 1. The van der Waals surface area contributed by atoms with Crippen LogP contribution in [0.3, 0.4) is 0 Å². The average Bonchev–Trinajstić information content (AvgIpc) is 3.12. The first-order chi connectivity index (χ1) is 10.3. The van der Waals surface area contributed by atoms with Gasteiger partial charge in [-0.2, -0.15) is 0 Å². The molecule has 4 nitrogen and oxygen atoms in total. The molecule has 0 spiro atoms. The van der Waals surface area contributed by atoms with E-state index in [0.717, 1.165) is 6.42 Å². The number of furan rings is 1. The predicted molar refractivity (Wildman–Crippen MR) is 81.6 cm³/mol. The molecule has 5 heteroatoms. The molecule has 0 saturated heterocycles. The van der Waals surface area contributed by atoms with Gasteiger partial charge in [0.25, 0.3) is 5.91 Å². The molecule has 0 fully saturated rings. The van der Waals surface area contributed by atoms with Gasteiger partial charge in [-0.1, -0.05) is 0 Å². The molecule has 1 N–H and O–H groups in total. The SMILES string of the molecule is COCc1ccc(C(=O)NCc2csc3c2CCCC3)o1. The summed E-state index contributed by atoms with van der Waals surface area (Å²) in [6.07, 6.45) is 4.87. The smallest absolute Gasteiger partial charge is 0.287 e. The summed E-state index contributed by atoms with van der Waals surface area (Å²) in [6.45, 7) is 0.955. The second-order valence-corrected chi connectivity index (χ2v) is 6.22. The van der Waals surface area contributed by atoms with Crippen LogP contribution >= 0.6 is 11.3 Å². The first-order valence-electron chi connectivity index (χ1n) is 7.22. The number of aryl methyl sites for hydroxylation is 1. The molecule has 0 atom stereocenters.